The largest absolute Gasteiger partial charge is 0.307 e. The van der Waals surface area contributed by atoms with Gasteiger partial charge in [0, 0.05) is 28.9 Å². The van der Waals surface area contributed by atoms with E-state index in [0.717, 1.165) is 12.0 Å². The quantitative estimate of drug-likeness (QED) is 0.392. The maximum absolute atomic E-state index is 13.5. The first kappa shape index (κ1) is 21.2. The lowest BCUT2D eigenvalue weighted by Crippen LogP contribution is -2.17. The highest BCUT2D eigenvalue weighted by atomic mass is 32.3. The Morgan fingerprint density at radius 3 is 1.48 bits per heavy atom. The maximum Gasteiger partial charge on any atom is 0.307 e. The zero-order valence-corrected chi connectivity index (χ0v) is 18.5. The molecule has 0 amide bonds. The molecule has 0 bridgehead atoms. The lowest BCUT2D eigenvalue weighted by molar-refractivity contribution is 0.505. The normalized spacial score (nSPS) is 12.4. The Morgan fingerprint density at radius 1 is 0.677 bits per heavy atom. The summed E-state index contributed by atoms with van der Waals surface area (Å²) in [7, 11) is -7.05. The summed E-state index contributed by atoms with van der Waals surface area (Å²) in [6, 6.07) is 22.6. The molecule has 6 nitrogen and oxygen atoms in total. The molecule has 0 atom stereocenters. The van der Waals surface area contributed by atoms with Crippen molar-refractivity contribution in [1.82, 2.24) is 15.0 Å². The minimum Gasteiger partial charge on any atom is -0.249 e. The fraction of sp³-hybridized carbons (Fsp3) is 0.0870. The van der Waals surface area contributed by atoms with Crippen molar-refractivity contribution in [3.63, 3.8) is 0 Å². The summed E-state index contributed by atoms with van der Waals surface area (Å²) >= 11 is 0. The summed E-state index contributed by atoms with van der Waals surface area (Å²) in [5, 5.41) is 1.34. The first-order valence-corrected chi connectivity index (χ1v) is 12.6. The maximum atomic E-state index is 13.5. The molecule has 0 unspecified atom stereocenters. The van der Waals surface area contributed by atoms with E-state index in [1.54, 1.807) is 97.5 Å². The predicted octanol–water partition coefficient (Wildman–Crippen LogP) is 5.04. The van der Waals surface area contributed by atoms with Crippen LogP contribution in [0.25, 0.3) is 0 Å². The second-order valence-corrected chi connectivity index (χ2v) is 10.9. The van der Waals surface area contributed by atoms with Gasteiger partial charge in [0.15, 0.2) is 0 Å². The SMILES string of the molecule is CCc1ccc(S(=O)(=O)OS(c2ccccn2)(c2ccccn2)c2ccccn2)cc1. The van der Waals surface area contributed by atoms with E-state index in [-0.39, 0.29) is 4.90 Å². The number of aromatic nitrogens is 3. The van der Waals surface area contributed by atoms with Crippen LogP contribution in [0.1, 0.15) is 12.5 Å². The number of nitrogens with zero attached hydrogens (tertiary/aromatic N) is 3. The molecule has 0 spiro atoms. The lowest BCUT2D eigenvalue weighted by atomic mass is 10.2. The number of aryl methyl sites for hydroxylation is 1. The van der Waals surface area contributed by atoms with Gasteiger partial charge in [0.05, 0.1) is 4.90 Å². The summed E-state index contributed by atoms with van der Waals surface area (Å²) in [6.45, 7) is 2.01. The fourth-order valence-corrected chi connectivity index (χ4v) is 7.82. The first-order chi connectivity index (χ1) is 15.1. The molecule has 3 aromatic heterocycles. The third-order valence-electron chi connectivity index (χ3n) is 4.61. The third kappa shape index (κ3) is 4.23. The van der Waals surface area contributed by atoms with Crippen molar-refractivity contribution in [2.45, 2.75) is 33.3 Å². The molecule has 8 heteroatoms. The summed E-state index contributed by atoms with van der Waals surface area (Å²) < 4.78 is 33.1. The van der Waals surface area contributed by atoms with E-state index in [0.29, 0.717) is 15.1 Å². The number of hydrogen-bond acceptors (Lipinski definition) is 6. The van der Waals surface area contributed by atoms with E-state index in [2.05, 4.69) is 15.0 Å². The molecular weight excluding hydrogens is 430 g/mol. The summed E-state index contributed by atoms with van der Waals surface area (Å²) in [6.07, 6.45) is 5.63. The molecule has 158 valence electrons. The topological polar surface area (TPSA) is 82.0 Å². The molecule has 4 rings (SSSR count). The van der Waals surface area contributed by atoms with Gasteiger partial charge in [-0.05, 0) is 60.5 Å². The Morgan fingerprint density at radius 2 is 1.13 bits per heavy atom. The van der Waals surface area contributed by atoms with E-state index >= 15 is 0 Å². The molecule has 0 radical (unpaired) electrons. The highest BCUT2D eigenvalue weighted by Crippen LogP contribution is 2.68. The number of pyridine rings is 3. The van der Waals surface area contributed by atoms with Crippen LogP contribution in [0.2, 0.25) is 0 Å². The summed E-state index contributed by atoms with van der Waals surface area (Å²) in [5.41, 5.74) is 1.04. The first-order valence-electron chi connectivity index (χ1n) is 9.68. The van der Waals surface area contributed by atoms with E-state index < -0.39 is 20.4 Å². The predicted molar refractivity (Wildman–Crippen MR) is 119 cm³/mol. The Labute approximate surface area is 183 Å². The monoisotopic (exact) mass is 451 g/mol. The molecule has 3 heterocycles. The molecule has 0 fully saturated rings. The van der Waals surface area contributed by atoms with Crippen LogP contribution >= 0.6 is 10.3 Å². The highest BCUT2D eigenvalue weighted by molar-refractivity contribution is 8.32. The van der Waals surface area contributed by atoms with Crippen LogP contribution in [0.4, 0.5) is 0 Å². The Kier molecular flexibility index (Phi) is 6.13. The average Bonchev–Trinajstić information content (AvgIpc) is 2.84. The standard InChI is InChI=1S/C23H21N3O3S2/c1-2-19-12-14-20(15-13-19)31(27,28)29-30(21-9-3-6-16-24-21,22-10-4-7-17-25-22)23-11-5-8-18-26-23/h3-18H,2H2,1H3. The minimum absolute atomic E-state index is 0.0735. The van der Waals surface area contributed by atoms with Crippen molar-refractivity contribution < 1.29 is 12.0 Å². The Hall–Kier alpha value is -3.07. The van der Waals surface area contributed by atoms with Gasteiger partial charge in [0.2, 0.25) is 0 Å². The number of benzene rings is 1. The van der Waals surface area contributed by atoms with E-state index in [1.165, 1.54) is 0 Å². The molecule has 0 saturated heterocycles. The zero-order valence-electron chi connectivity index (χ0n) is 16.8. The molecule has 0 aliphatic carbocycles. The van der Waals surface area contributed by atoms with Crippen LogP contribution in [-0.4, -0.2) is 23.4 Å². The molecule has 0 N–H and O–H groups in total. The van der Waals surface area contributed by atoms with Crippen molar-refractivity contribution in [3.8, 4) is 0 Å². The number of hydrogen-bond donors (Lipinski definition) is 0. The van der Waals surface area contributed by atoms with Gasteiger partial charge in [-0.1, -0.05) is 37.3 Å². The van der Waals surface area contributed by atoms with E-state index in [9.17, 15) is 8.42 Å². The van der Waals surface area contributed by atoms with Crippen LogP contribution in [0.3, 0.4) is 0 Å². The van der Waals surface area contributed by atoms with Gasteiger partial charge >= 0.3 is 10.1 Å². The van der Waals surface area contributed by atoms with Gasteiger partial charge < -0.3 is 0 Å². The van der Waals surface area contributed by atoms with Crippen molar-refractivity contribution in [3.05, 3.63) is 103 Å². The highest BCUT2D eigenvalue weighted by Gasteiger charge is 2.41. The number of rotatable bonds is 7. The van der Waals surface area contributed by atoms with Crippen LogP contribution in [0.15, 0.2) is 117 Å². The van der Waals surface area contributed by atoms with Gasteiger partial charge in [-0.3, -0.25) is 0 Å². The van der Waals surface area contributed by atoms with Crippen LogP contribution in [0, 0.1) is 0 Å². The minimum atomic E-state index is -4.17. The van der Waals surface area contributed by atoms with Crippen molar-refractivity contribution >= 4 is 20.4 Å². The molecule has 0 aliphatic rings. The molecule has 0 aliphatic heterocycles. The van der Waals surface area contributed by atoms with Crippen molar-refractivity contribution in [2.75, 3.05) is 0 Å². The summed E-state index contributed by atoms with van der Waals surface area (Å²) in [4.78, 5) is 13.5. The summed E-state index contributed by atoms with van der Waals surface area (Å²) in [5.74, 6) is 0. The molecule has 31 heavy (non-hydrogen) atoms. The average molecular weight is 452 g/mol. The lowest BCUT2D eigenvalue weighted by Gasteiger charge is -2.35. The molecule has 4 aromatic rings. The van der Waals surface area contributed by atoms with Gasteiger partial charge in [0.1, 0.15) is 15.1 Å². The van der Waals surface area contributed by atoms with Gasteiger partial charge in [-0.2, -0.15) is 12.0 Å². The van der Waals surface area contributed by atoms with Gasteiger partial charge in [-0.15, -0.1) is 0 Å². The smallest absolute Gasteiger partial charge is 0.249 e. The Balaban J connectivity index is 1.96. The third-order valence-corrected chi connectivity index (χ3v) is 9.48. The van der Waals surface area contributed by atoms with E-state index in [4.69, 9.17) is 3.63 Å². The van der Waals surface area contributed by atoms with Gasteiger partial charge in [0.25, 0.3) is 0 Å². The van der Waals surface area contributed by atoms with Crippen LogP contribution < -0.4 is 0 Å². The molecule has 1 aromatic carbocycles. The van der Waals surface area contributed by atoms with Crippen molar-refractivity contribution in [2.24, 2.45) is 0 Å². The van der Waals surface area contributed by atoms with Crippen LogP contribution in [-0.2, 0) is 20.2 Å². The second kappa shape index (κ2) is 8.97. The molecular formula is C23H21N3O3S2. The zero-order chi connectivity index (χ0) is 21.7. The fourth-order valence-electron chi connectivity index (χ4n) is 3.04. The van der Waals surface area contributed by atoms with Crippen LogP contribution in [0.5, 0.6) is 0 Å². The molecule has 0 saturated carbocycles. The van der Waals surface area contributed by atoms with Crippen molar-refractivity contribution in [1.29, 1.82) is 0 Å². The Bertz CT molecular complexity index is 1140. The second-order valence-electron chi connectivity index (χ2n) is 6.58. The van der Waals surface area contributed by atoms with E-state index in [1.807, 2.05) is 6.92 Å². The van der Waals surface area contributed by atoms with Gasteiger partial charge in [-0.25, -0.2) is 15.0 Å².